The highest BCUT2D eigenvalue weighted by Crippen LogP contribution is 2.42. The first kappa shape index (κ1) is 21.6. The van der Waals surface area contributed by atoms with Crippen LogP contribution < -0.4 is 4.90 Å². The lowest BCUT2D eigenvalue weighted by Gasteiger charge is -2.40. The molecule has 3 aromatic rings. The second kappa shape index (κ2) is 7.79. The van der Waals surface area contributed by atoms with Crippen LogP contribution in [0.15, 0.2) is 39.7 Å². The van der Waals surface area contributed by atoms with Crippen molar-refractivity contribution in [2.45, 2.75) is 44.4 Å². The van der Waals surface area contributed by atoms with Gasteiger partial charge in [0.15, 0.2) is 0 Å². The van der Waals surface area contributed by atoms with Crippen LogP contribution >= 0.6 is 27.7 Å². The molecule has 0 fully saturated rings. The van der Waals surface area contributed by atoms with Gasteiger partial charge in [-0.15, -0.1) is 11.8 Å². The number of nitrogens with zero attached hydrogens (tertiary/aromatic N) is 3. The Labute approximate surface area is 186 Å². The van der Waals surface area contributed by atoms with E-state index in [4.69, 9.17) is 4.98 Å². The first-order valence-corrected chi connectivity index (χ1v) is 11.8. The summed E-state index contributed by atoms with van der Waals surface area (Å²) in [6.45, 7) is 7.58. The number of imidazole rings is 1. The molecule has 4 rings (SSSR count). The molecule has 1 aliphatic rings. The van der Waals surface area contributed by atoms with Gasteiger partial charge < -0.3 is 9.47 Å². The standard InChI is InChI=1S/C22H23BrF3N3S/c1-12(2)20-21-27-17-9-13(3)19(30-4)11-18(17)29(21)8-7-28(20)14-5-6-16(23)15(10-14)22(24,25)26/h5-6,9-12,20H,7-8H2,1-4H3. The maximum Gasteiger partial charge on any atom is 0.417 e. The van der Waals surface area contributed by atoms with Crippen molar-refractivity contribution in [2.75, 3.05) is 17.7 Å². The minimum Gasteiger partial charge on any atom is -0.359 e. The van der Waals surface area contributed by atoms with E-state index in [1.165, 1.54) is 22.6 Å². The maximum absolute atomic E-state index is 13.5. The van der Waals surface area contributed by atoms with Gasteiger partial charge in [-0.25, -0.2) is 4.98 Å². The van der Waals surface area contributed by atoms with Crippen molar-refractivity contribution in [3.8, 4) is 0 Å². The molecule has 0 amide bonds. The van der Waals surface area contributed by atoms with Gasteiger partial charge in [-0.3, -0.25) is 0 Å². The zero-order valence-corrected chi connectivity index (χ0v) is 19.6. The molecule has 0 N–H and O–H groups in total. The van der Waals surface area contributed by atoms with Gasteiger partial charge in [-0.1, -0.05) is 29.8 Å². The highest BCUT2D eigenvalue weighted by Gasteiger charge is 2.36. The number of rotatable bonds is 3. The van der Waals surface area contributed by atoms with E-state index in [-0.39, 0.29) is 16.4 Å². The van der Waals surface area contributed by atoms with Gasteiger partial charge >= 0.3 is 6.18 Å². The molecule has 8 heteroatoms. The monoisotopic (exact) mass is 497 g/mol. The van der Waals surface area contributed by atoms with Gasteiger partial charge in [0.25, 0.3) is 0 Å². The molecule has 30 heavy (non-hydrogen) atoms. The van der Waals surface area contributed by atoms with Crippen molar-refractivity contribution in [1.29, 1.82) is 0 Å². The van der Waals surface area contributed by atoms with E-state index in [9.17, 15) is 13.2 Å². The number of benzene rings is 2. The van der Waals surface area contributed by atoms with Gasteiger partial charge in [0, 0.05) is 28.1 Å². The van der Waals surface area contributed by atoms with E-state index in [1.807, 2.05) is 0 Å². The minimum atomic E-state index is -4.41. The summed E-state index contributed by atoms with van der Waals surface area (Å²) in [6.07, 6.45) is -2.34. The molecule has 1 aliphatic heterocycles. The van der Waals surface area contributed by atoms with Crippen molar-refractivity contribution < 1.29 is 13.2 Å². The third-order valence-electron chi connectivity index (χ3n) is 5.68. The van der Waals surface area contributed by atoms with E-state index >= 15 is 0 Å². The lowest BCUT2D eigenvalue weighted by Crippen LogP contribution is -2.41. The van der Waals surface area contributed by atoms with E-state index < -0.39 is 11.7 Å². The number of alkyl halides is 3. The van der Waals surface area contributed by atoms with E-state index in [2.05, 4.69) is 64.6 Å². The highest BCUT2D eigenvalue weighted by molar-refractivity contribution is 9.10. The van der Waals surface area contributed by atoms with Crippen LogP contribution in [-0.4, -0.2) is 22.4 Å². The summed E-state index contributed by atoms with van der Waals surface area (Å²) in [5.74, 6) is 1.10. The smallest absolute Gasteiger partial charge is 0.359 e. The summed E-state index contributed by atoms with van der Waals surface area (Å²) in [4.78, 5) is 8.22. The molecule has 0 aliphatic carbocycles. The Morgan fingerprint density at radius 1 is 1.17 bits per heavy atom. The molecule has 0 radical (unpaired) electrons. The Balaban J connectivity index is 1.84. The van der Waals surface area contributed by atoms with Crippen molar-refractivity contribution in [3.63, 3.8) is 0 Å². The maximum atomic E-state index is 13.5. The molecule has 0 saturated carbocycles. The molecule has 2 heterocycles. The summed E-state index contributed by atoms with van der Waals surface area (Å²) in [7, 11) is 0. The van der Waals surface area contributed by atoms with Crippen LogP contribution in [0.25, 0.3) is 11.0 Å². The third-order valence-corrected chi connectivity index (χ3v) is 7.25. The molecule has 1 unspecified atom stereocenters. The Kier molecular flexibility index (Phi) is 5.60. The molecule has 2 aromatic carbocycles. The number of hydrogen-bond acceptors (Lipinski definition) is 3. The second-order valence-electron chi connectivity index (χ2n) is 7.98. The number of halogens is 4. The number of hydrogen-bond donors (Lipinski definition) is 0. The Morgan fingerprint density at radius 3 is 2.53 bits per heavy atom. The normalized spacial score (nSPS) is 17.1. The molecule has 1 aromatic heterocycles. The van der Waals surface area contributed by atoms with Crippen LogP contribution in [0.1, 0.15) is 36.8 Å². The molecule has 1 atom stereocenters. The number of aromatic nitrogens is 2. The van der Waals surface area contributed by atoms with Crippen molar-refractivity contribution in [3.05, 3.63) is 51.8 Å². The van der Waals surface area contributed by atoms with Gasteiger partial charge in [0.2, 0.25) is 0 Å². The molecule has 0 bridgehead atoms. The summed E-state index contributed by atoms with van der Waals surface area (Å²) >= 11 is 4.76. The molecular weight excluding hydrogens is 475 g/mol. The van der Waals surface area contributed by atoms with Gasteiger partial charge in [-0.2, -0.15) is 13.2 Å². The molecule has 0 spiro atoms. The van der Waals surface area contributed by atoms with Crippen molar-refractivity contribution in [2.24, 2.45) is 5.92 Å². The molecular formula is C22H23BrF3N3S. The van der Waals surface area contributed by atoms with Crippen molar-refractivity contribution in [1.82, 2.24) is 9.55 Å². The highest BCUT2D eigenvalue weighted by atomic mass is 79.9. The number of thioether (sulfide) groups is 1. The average Bonchev–Trinajstić information content (AvgIpc) is 3.02. The topological polar surface area (TPSA) is 21.1 Å². The quantitative estimate of drug-likeness (QED) is 0.361. The molecule has 160 valence electrons. The fraction of sp³-hybridized carbons (Fsp3) is 0.409. The van der Waals surface area contributed by atoms with E-state index in [0.29, 0.717) is 18.8 Å². The summed E-state index contributed by atoms with van der Waals surface area (Å²) in [5, 5.41) is 0. The minimum absolute atomic E-state index is 0.0594. The summed E-state index contributed by atoms with van der Waals surface area (Å²) in [6, 6.07) is 8.67. The largest absolute Gasteiger partial charge is 0.417 e. The summed E-state index contributed by atoms with van der Waals surface area (Å²) < 4.78 is 42.7. The lowest BCUT2D eigenvalue weighted by molar-refractivity contribution is -0.138. The fourth-order valence-electron chi connectivity index (χ4n) is 4.30. The summed E-state index contributed by atoms with van der Waals surface area (Å²) in [5.41, 5.74) is 3.15. The Bertz CT molecular complexity index is 1110. The number of aryl methyl sites for hydroxylation is 1. The molecule has 0 saturated heterocycles. The molecule has 3 nitrogen and oxygen atoms in total. The van der Waals surface area contributed by atoms with Crippen LogP contribution in [0.3, 0.4) is 0 Å². The van der Waals surface area contributed by atoms with E-state index in [0.717, 1.165) is 16.9 Å². The first-order valence-electron chi connectivity index (χ1n) is 9.80. The first-order chi connectivity index (χ1) is 14.1. The van der Waals surface area contributed by atoms with Crippen LogP contribution in [0.2, 0.25) is 0 Å². The van der Waals surface area contributed by atoms with Crippen LogP contribution in [0.4, 0.5) is 18.9 Å². The predicted octanol–water partition coefficient (Wildman–Crippen LogP) is 7.07. The Hall–Kier alpha value is -1.67. The third kappa shape index (κ3) is 3.62. The van der Waals surface area contributed by atoms with Gasteiger partial charge in [-0.05, 0) is 55.0 Å². The predicted molar refractivity (Wildman–Crippen MR) is 120 cm³/mol. The second-order valence-corrected chi connectivity index (χ2v) is 9.68. The Morgan fingerprint density at radius 2 is 1.90 bits per heavy atom. The van der Waals surface area contributed by atoms with Gasteiger partial charge in [0.05, 0.1) is 22.6 Å². The fourth-order valence-corrected chi connectivity index (χ4v) is 5.38. The SMILES string of the molecule is CSc1cc2c(cc1C)nc1n2CCN(c2ccc(Br)c(C(F)(F)F)c2)C1C(C)C. The lowest BCUT2D eigenvalue weighted by atomic mass is 9.98. The zero-order chi connectivity index (χ0) is 21.8. The van der Waals surface area contributed by atoms with Gasteiger partial charge in [0.1, 0.15) is 5.82 Å². The number of anilines is 1. The zero-order valence-electron chi connectivity index (χ0n) is 17.2. The van der Waals surface area contributed by atoms with Crippen LogP contribution in [0.5, 0.6) is 0 Å². The van der Waals surface area contributed by atoms with Crippen molar-refractivity contribution >= 4 is 44.4 Å². The number of fused-ring (bicyclic) bond motifs is 3. The van der Waals surface area contributed by atoms with Crippen LogP contribution in [-0.2, 0) is 12.7 Å². The van der Waals surface area contributed by atoms with E-state index in [1.54, 1.807) is 17.8 Å². The van der Waals surface area contributed by atoms with Crippen LogP contribution in [0, 0.1) is 12.8 Å². The average molecular weight is 498 g/mol.